The lowest BCUT2D eigenvalue weighted by molar-refractivity contribution is 0.292. The van der Waals surface area contributed by atoms with Crippen molar-refractivity contribution >= 4 is 21.9 Å². The molecule has 5 heteroatoms. The van der Waals surface area contributed by atoms with Gasteiger partial charge in [0, 0.05) is 6.07 Å². The predicted octanol–water partition coefficient (Wildman–Crippen LogP) is 5.77. The summed E-state index contributed by atoms with van der Waals surface area (Å²) in [6.07, 6.45) is 1.98. The normalized spacial score (nSPS) is 11.4. The molecular formula is C26H27NO4. The molecule has 3 aromatic carbocycles. The molecule has 0 unspecified atom stereocenters. The summed E-state index contributed by atoms with van der Waals surface area (Å²) in [5.74, 6) is 1.94. The van der Waals surface area contributed by atoms with Gasteiger partial charge in [0.05, 0.1) is 17.4 Å². The van der Waals surface area contributed by atoms with Crippen LogP contribution in [0.5, 0.6) is 17.2 Å². The first-order valence-electron chi connectivity index (χ1n) is 10.5. The Bertz CT molecular complexity index is 1250. The van der Waals surface area contributed by atoms with Crippen LogP contribution in [0.4, 0.5) is 0 Å². The maximum atomic E-state index is 13.2. The molecule has 0 radical (unpaired) electrons. The lowest BCUT2D eigenvalue weighted by Gasteiger charge is -2.12. The third kappa shape index (κ3) is 4.89. The van der Waals surface area contributed by atoms with Crippen molar-refractivity contribution in [2.45, 2.75) is 19.8 Å². The molecule has 0 aliphatic carbocycles. The third-order valence-electron chi connectivity index (χ3n) is 5.09. The van der Waals surface area contributed by atoms with Crippen LogP contribution in [0.1, 0.15) is 18.4 Å². The lowest BCUT2D eigenvalue weighted by atomic mass is 10.1. The van der Waals surface area contributed by atoms with Crippen molar-refractivity contribution in [1.82, 2.24) is 4.90 Å². The standard InChI is InChI=1S/C26H27NO4/c1-18-15-22-25(28)21-12-11-20(30-19-9-5-4-6-10-19)17-23(21)31-26(22)24(16-18)29-14-8-7-13-27(2)3/h4-6,9-12,15-17H,7-8,13-14H2,1-3H3. The van der Waals surface area contributed by atoms with Gasteiger partial charge in [-0.1, -0.05) is 18.2 Å². The molecule has 0 aliphatic heterocycles. The maximum Gasteiger partial charge on any atom is 0.200 e. The first-order chi connectivity index (χ1) is 15.0. The first kappa shape index (κ1) is 20.9. The van der Waals surface area contributed by atoms with Crippen molar-refractivity contribution in [3.05, 3.63) is 76.5 Å². The Labute approximate surface area is 181 Å². The number of para-hydroxylation sites is 1. The van der Waals surface area contributed by atoms with Crippen molar-refractivity contribution in [3.63, 3.8) is 0 Å². The molecule has 1 aromatic heterocycles. The smallest absolute Gasteiger partial charge is 0.200 e. The Balaban J connectivity index is 1.68. The van der Waals surface area contributed by atoms with Crippen LogP contribution < -0.4 is 14.9 Å². The van der Waals surface area contributed by atoms with E-state index in [1.165, 1.54) is 0 Å². The fourth-order valence-electron chi connectivity index (χ4n) is 3.55. The average molecular weight is 418 g/mol. The van der Waals surface area contributed by atoms with Crippen LogP contribution in [0.25, 0.3) is 21.9 Å². The molecule has 0 saturated carbocycles. The molecule has 0 saturated heterocycles. The second-order valence-corrected chi connectivity index (χ2v) is 8.00. The van der Waals surface area contributed by atoms with Crippen LogP contribution in [0.15, 0.2) is 69.9 Å². The molecule has 160 valence electrons. The zero-order valence-electron chi connectivity index (χ0n) is 18.2. The van der Waals surface area contributed by atoms with Gasteiger partial charge in [0.1, 0.15) is 17.1 Å². The molecule has 0 aliphatic rings. The molecule has 0 fully saturated rings. The quantitative estimate of drug-likeness (QED) is 0.269. The molecule has 0 N–H and O–H groups in total. The Kier molecular flexibility index (Phi) is 6.23. The minimum atomic E-state index is -0.0660. The number of nitrogens with zero attached hydrogens (tertiary/aromatic N) is 1. The van der Waals surface area contributed by atoms with E-state index in [1.807, 2.05) is 49.4 Å². The van der Waals surface area contributed by atoms with E-state index < -0.39 is 0 Å². The topological polar surface area (TPSA) is 51.9 Å². The van der Waals surface area contributed by atoms with E-state index in [2.05, 4.69) is 19.0 Å². The zero-order valence-corrected chi connectivity index (χ0v) is 18.2. The number of rotatable bonds is 8. The lowest BCUT2D eigenvalue weighted by Crippen LogP contribution is -2.13. The molecule has 0 amide bonds. The summed E-state index contributed by atoms with van der Waals surface area (Å²) < 4.78 is 18.1. The monoisotopic (exact) mass is 417 g/mol. The average Bonchev–Trinajstić information content (AvgIpc) is 2.75. The molecule has 31 heavy (non-hydrogen) atoms. The molecule has 0 atom stereocenters. The van der Waals surface area contributed by atoms with E-state index in [1.54, 1.807) is 18.2 Å². The van der Waals surface area contributed by atoms with Crippen LogP contribution in [0.2, 0.25) is 0 Å². The van der Waals surface area contributed by atoms with E-state index in [9.17, 15) is 4.79 Å². The summed E-state index contributed by atoms with van der Waals surface area (Å²) in [6.45, 7) is 3.55. The number of hydrogen-bond donors (Lipinski definition) is 0. The van der Waals surface area contributed by atoms with Gasteiger partial charge in [-0.25, -0.2) is 0 Å². The van der Waals surface area contributed by atoms with E-state index >= 15 is 0 Å². The molecule has 4 rings (SSSR count). The molecule has 0 bridgehead atoms. The Hall–Kier alpha value is -3.31. The highest BCUT2D eigenvalue weighted by Crippen LogP contribution is 2.31. The molecule has 0 spiro atoms. The minimum Gasteiger partial charge on any atom is -0.490 e. The van der Waals surface area contributed by atoms with Crippen LogP contribution in [-0.2, 0) is 0 Å². The van der Waals surface area contributed by atoms with Crippen molar-refractivity contribution in [1.29, 1.82) is 0 Å². The van der Waals surface area contributed by atoms with Gasteiger partial charge in [0.15, 0.2) is 11.3 Å². The van der Waals surface area contributed by atoms with Crippen molar-refractivity contribution in [2.24, 2.45) is 0 Å². The minimum absolute atomic E-state index is 0.0660. The van der Waals surface area contributed by atoms with Crippen LogP contribution in [-0.4, -0.2) is 32.1 Å². The number of fused-ring (bicyclic) bond motifs is 2. The Morgan fingerprint density at radius 1 is 0.903 bits per heavy atom. The summed E-state index contributed by atoms with van der Waals surface area (Å²) in [7, 11) is 4.12. The van der Waals surface area contributed by atoms with E-state index in [0.717, 1.165) is 30.7 Å². The highest BCUT2D eigenvalue weighted by Gasteiger charge is 2.14. The summed E-state index contributed by atoms with van der Waals surface area (Å²) in [6, 6.07) is 18.6. The largest absolute Gasteiger partial charge is 0.490 e. The summed E-state index contributed by atoms with van der Waals surface area (Å²) >= 11 is 0. The van der Waals surface area contributed by atoms with E-state index in [4.69, 9.17) is 13.9 Å². The molecule has 5 nitrogen and oxygen atoms in total. The van der Waals surface area contributed by atoms with Crippen LogP contribution in [0, 0.1) is 6.92 Å². The van der Waals surface area contributed by atoms with Gasteiger partial charge >= 0.3 is 0 Å². The van der Waals surface area contributed by atoms with Gasteiger partial charge < -0.3 is 18.8 Å². The second-order valence-electron chi connectivity index (χ2n) is 8.00. The third-order valence-corrected chi connectivity index (χ3v) is 5.09. The second kappa shape index (κ2) is 9.23. The molecular weight excluding hydrogens is 390 g/mol. The van der Waals surface area contributed by atoms with E-state index in [-0.39, 0.29) is 5.43 Å². The zero-order chi connectivity index (χ0) is 21.8. The van der Waals surface area contributed by atoms with Crippen LogP contribution >= 0.6 is 0 Å². The number of benzene rings is 3. The Morgan fingerprint density at radius 3 is 2.48 bits per heavy atom. The highest BCUT2D eigenvalue weighted by atomic mass is 16.5. The number of ether oxygens (including phenoxy) is 2. The number of hydrogen-bond acceptors (Lipinski definition) is 5. The number of unbranched alkanes of at least 4 members (excludes halogenated alkanes) is 1. The summed E-state index contributed by atoms with van der Waals surface area (Å²) in [4.78, 5) is 15.3. The van der Waals surface area contributed by atoms with Crippen molar-refractivity contribution in [3.8, 4) is 17.2 Å². The maximum absolute atomic E-state index is 13.2. The summed E-state index contributed by atoms with van der Waals surface area (Å²) in [5, 5.41) is 1.06. The van der Waals surface area contributed by atoms with E-state index in [0.29, 0.717) is 40.0 Å². The van der Waals surface area contributed by atoms with Crippen LogP contribution in [0.3, 0.4) is 0 Å². The first-order valence-corrected chi connectivity index (χ1v) is 10.5. The van der Waals surface area contributed by atoms with Gasteiger partial charge in [-0.3, -0.25) is 4.79 Å². The van der Waals surface area contributed by atoms with Gasteiger partial charge in [-0.15, -0.1) is 0 Å². The molecule has 4 aromatic rings. The fraction of sp³-hybridized carbons (Fsp3) is 0.269. The van der Waals surface area contributed by atoms with Gasteiger partial charge in [0.25, 0.3) is 0 Å². The molecule has 1 heterocycles. The predicted molar refractivity (Wildman–Crippen MR) is 125 cm³/mol. The highest BCUT2D eigenvalue weighted by molar-refractivity contribution is 5.93. The van der Waals surface area contributed by atoms with Gasteiger partial charge in [0.2, 0.25) is 5.43 Å². The van der Waals surface area contributed by atoms with Gasteiger partial charge in [-0.2, -0.15) is 0 Å². The fourth-order valence-corrected chi connectivity index (χ4v) is 3.55. The SMILES string of the molecule is Cc1cc(OCCCCN(C)C)c2oc3cc(Oc4ccccc4)ccc3c(=O)c2c1. The summed E-state index contributed by atoms with van der Waals surface area (Å²) in [5.41, 5.74) is 1.86. The Morgan fingerprint density at radius 2 is 1.71 bits per heavy atom. The van der Waals surface area contributed by atoms with Gasteiger partial charge in [-0.05, 0) is 82.4 Å². The van der Waals surface area contributed by atoms with Crippen molar-refractivity contribution in [2.75, 3.05) is 27.2 Å². The van der Waals surface area contributed by atoms with Crippen molar-refractivity contribution < 1.29 is 13.9 Å². The number of aryl methyl sites for hydroxylation is 1.